The Kier molecular flexibility index (Phi) is 3.83. The van der Waals surface area contributed by atoms with Crippen LogP contribution in [0.5, 0.6) is 0 Å². The van der Waals surface area contributed by atoms with Crippen LogP contribution in [0.4, 0.5) is 0 Å². The quantitative estimate of drug-likeness (QED) is 0.675. The molecule has 102 valence electrons. The van der Waals surface area contributed by atoms with Crippen molar-refractivity contribution in [2.75, 3.05) is 0 Å². The van der Waals surface area contributed by atoms with E-state index in [-0.39, 0.29) is 0 Å². The van der Waals surface area contributed by atoms with Crippen molar-refractivity contribution in [1.29, 1.82) is 0 Å². The Morgan fingerprint density at radius 3 is 2.80 bits per heavy atom. The van der Waals surface area contributed by atoms with E-state index in [1.54, 1.807) is 22.7 Å². The van der Waals surface area contributed by atoms with Gasteiger partial charge in [-0.25, -0.2) is 4.68 Å². The summed E-state index contributed by atoms with van der Waals surface area (Å²) in [4.78, 5) is 0. The van der Waals surface area contributed by atoms with Crippen molar-refractivity contribution in [3.05, 3.63) is 59.5 Å². The van der Waals surface area contributed by atoms with Gasteiger partial charge in [-0.15, -0.1) is 5.10 Å². The molecule has 2 aromatic heterocycles. The van der Waals surface area contributed by atoms with Crippen LogP contribution in [-0.4, -0.2) is 20.2 Å². The third kappa shape index (κ3) is 3.08. The lowest BCUT2D eigenvalue weighted by atomic mass is 10.2. The molecule has 0 aliphatic carbocycles. The van der Waals surface area contributed by atoms with Gasteiger partial charge in [0.05, 0.1) is 6.26 Å². The van der Waals surface area contributed by atoms with Crippen LogP contribution in [0, 0.1) is 6.92 Å². The van der Waals surface area contributed by atoms with Crippen molar-refractivity contribution < 1.29 is 4.42 Å². The predicted octanol–water partition coefficient (Wildman–Crippen LogP) is 2.92. The van der Waals surface area contributed by atoms with E-state index in [9.17, 15) is 0 Å². The van der Waals surface area contributed by atoms with Gasteiger partial charge in [-0.05, 0) is 35.0 Å². The Bertz CT molecular complexity index is 661. The zero-order chi connectivity index (χ0) is 13.8. The Hall–Kier alpha value is -2.08. The van der Waals surface area contributed by atoms with Crippen molar-refractivity contribution in [3.8, 4) is 0 Å². The van der Waals surface area contributed by atoms with Crippen LogP contribution in [0.1, 0.15) is 16.9 Å². The Balaban J connectivity index is 1.66. The molecular weight excluding hydrogens is 272 g/mol. The number of tetrazole rings is 1. The number of hydrogen-bond acceptors (Lipinski definition) is 5. The molecule has 0 bridgehead atoms. The van der Waals surface area contributed by atoms with Gasteiger partial charge in [-0.3, -0.25) is 0 Å². The molecular formula is C14H14N4OS. The van der Waals surface area contributed by atoms with Crippen molar-refractivity contribution in [2.24, 2.45) is 0 Å². The fraction of sp³-hybridized carbons (Fsp3) is 0.214. The normalized spacial score (nSPS) is 10.8. The molecule has 3 aromatic rings. The largest absolute Gasteiger partial charge is 0.467 e. The van der Waals surface area contributed by atoms with Crippen LogP contribution in [0.15, 0.2) is 52.2 Å². The van der Waals surface area contributed by atoms with E-state index >= 15 is 0 Å². The minimum atomic E-state index is 0.552. The molecule has 20 heavy (non-hydrogen) atoms. The summed E-state index contributed by atoms with van der Waals surface area (Å²) < 4.78 is 7.06. The van der Waals surface area contributed by atoms with Crippen molar-refractivity contribution in [2.45, 2.75) is 24.4 Å². The molecule has 0 N–H and O–H groups in total. The van der Waals surface area contributed by atoms with Crippen molar-refractivity contribution in [3.63, 3.8) is 0 Å². The monoisotopic (exact) mass is 286 g/mol. The fourth-order valence-electron chi connectivity index (χ4n) is 1.78. The predicted molar refractivity (Wildman–Crippen MR) is 76.4 cm³/mol. The van der Waals surface area contributed by atoms with Gasteiger partial charge in [0, 0.05) is 5.75 Å². The molecule has 0 aliphatic heterocycles. The lowest BCUT2D eigenvalue weighted by molar-refractivity contribution is 0.462. The summed E-state index contributed by atoms with van der Waals surface area (Å²) in [7, 11) is 0. The topological polar surface area (TPSA) is 56.7 Å². The van der Waals surface area contributed by atoms with E-state index in [2.05, 4.69) is 46.7 Å². The van der Waals surface area contributed by atoms with Crippen LogP contribution in [0.3, 0.4) is 0 Å². The second-order valence-electron chi connectivity index (χ2n) is 4.47. The lowest BCUT2D eigenvalue weighted by Gasteiger charge is -2.03. The average molecular weight is 286 g/mol. The molecule has 5 nitrogen and oxygen atoms in total. The van der Waals surface area contributed by atoms with E-state index < -0.39 is 0 Å². The first kappa shape index (κ1) is 12.9. The smallest absolute Gasteiger partial charge is 0.210 e. The molecule has 2 heterocycles. The SMILES string of the molecule is Cc1ccc(CSc2nnnn2Cc2ccco2)cc1. The number of furan rings is 1. The zero-order valence-electron chi connectivity index (χ0n) is 11.1. The van der Waals surface area contributed by atoms with E-state index in [0.717, 1.165) is 16.7 Å². The summed E-state index contributed by atoms with van der Waals surface area (Å²) in [5, 5.41) is 12.6. The number of benzene rings is 1. The number of hydrogen-bond donors (Lipinski definition) is 0. The maximum atomic E-state index is 5.31. The maximum Gasteiger partial charge on any atom is 0.210 e. The molecule has 0 aliphatic rings. The second-order valence-corrected chi connectivity index (χ2v) is 5.42. The molecule has 0 radical (unpaired) electrons. The molecule has 0 fully saturated rings. The van der Waals surface area contributed by atoms with E-state index in [1.165, 1.54) is 11.1 Å². The average Bonchev–Trinajstić information content (AvgIpc) is 3.11. The standard InChI is InChI=1S/C14H14N4OS/c1-11-4-6-12(7-5-11)10-20-14-15-16-17-18(14)9-13-3-2-8-19-13/h2-8H,9-10H2,1H3. The highest BCUT2D eigenvalue weighted by Gasteiger charge is 2.09. The summed E-state index contributed by atoms with van der Waals surface area (Å²) in [5.74, 6) is 1.69. The number of rotatable bonds is 5. The summed E-state index contributed by atoms with van der Waals surface area (Å²) in [6, 6.07) is 12.3. The van der Waals surface area contributed by atoms with Crippen LogP contribution in [0.2, 0.25) is 0 Å². The van der Waals surface area contributed by atoms with E-state index in [1.807, 2.05) is 12.1 Å². The van der Waals surface area contributed by atoms with E-state index in [4.69, 9.17) is 4.42 Å². The molecule has 1 aromatic carbocycles. The summed E-state index contributed by atoms with van der Waals surface area (Å²) >= 11 is 1.62. The molecule has 6 heteroatoms. The van der Waals surface area contributed by atoms with Gasteiger partial charge in [0.15, 0.2) is 0 Å². The summed E-state index contributed by atoms with van der Waals surface area (Å²) in [6.07, 6.45) is 1.65. The molecule has 0 atom stereocenters. The maximum absolute atomic E-state index is 5.31. The second kappa shape index (κ2) is 5.92. The summed E-state index contributed by atoms with van der Waals surface area (Å²) in [5.41, 5.74) is 2.52. The van der Waals surface area contributed by atoms with Gasteiger partial charge in [0.1, 0.15) is 12.3 Å². The summed E-state index contributed by atoms with van der Waals surface area (Å²) in [6.45, 7) is 2.64. The molecule has 0 unspecified atom stereocenters. The Morgan fingerprint density at radius 2 is 2.05 bits per heavy atom. The highest BCUT2D eigenvalue weighted by Crippen LogP contribution is 2.20. The lowest BCUT2D eigenvalue weighted by Crippen LogP contribution is -2.03. The first-order chi connectivity index (χ1) is 9.81. The van der Waals surface area contributed by atoms with E-state index in [0.29, 0.717) is 6.54 Å². The minimum Gasteiger partial charge on any atom is -0.467 e. The zero-order valence-corrected chi connectivity index (χ0v) is 11.9. The van der Waals surface area contributed by atoms with Crippen molar-refractivity contribution >= 4 is 11.8 Å². The Labute approximate surface area is 121 Å². The van der Waals surface area contributed by atoms with Crippen molar-refractivity contribution in [1.82, 2.24) is 20.2 Å². The third-order valence-electron chi connectivity index (χ3n) is 2.87. The first-order valence-corrected chi connectivity index (χ1v) is 7.27. The van der Waals surface area contributed by atoms with Crippen LogP contribution < -0.4 is 0 Å². The van der Waals surface area contributed by atoms with Gasteiger partial charge in [-0.1, -0.05) is 41.6 Å². The van der Waals surface area contributed by atoms with Crippen LogP contribution in [0.25, 0.3) is 0 Å². The number of nitrogens with zero attached hydrogens (tertiary/aromatic N) is 4. The van der Waals surface area contributed by atoms with Gasteiger partial charge < -0.3 is 4.42 Å². The minimum absolute atomic E-state index is 0.552. The Morgan fingerprint density at radius 1 is 1.20 bits per heavy atom. The molecule has 0 saturated heterocycles. The number of aryl methyl sites for hydroxylation is 1. The van der Waals surface area contributed by atoms with Crippen LogP contribution in [-0.2, 0) is 12.3 Å². The molecule has 0 amide bonds. The van der Waals surface area contributed by atoms with Crippen LogP contribution >= 0.6 is 11.8 Å². The third-order valence-corrected chi connectivity index (χ3v) is 3.90. The molecule has 0 saturated carbocycles. The highest BCUT2D eigenvalue weighted by molar-refractivity contribution is 7.98. The number of thioether (sulfide) groups is 1. The van der Waals surface area contributed by atoms with Gasteiger partial charge >= 0.3 is 0 Å². The van der Waals surface area contributed by atoms with Gasteiger partial charge in [-0.2, -0.15) is 0 Å². The first-order valence-electron chi connectivity index (χ1n) is 6.28. The van der Waals surface area contributed by atoms with Gasteiger partial charge in [0.25, 0.3) is 0 Å². The number of aromatic nitrogens is 4. The molecule has 3 rings (SSSR count). The van der Waals surface area contributed by atoms with Gasteiger partial charge in [0.2, 0.25) is 5.16 Å². The highest BCUT2D eigenvalue weighted by atomic mass is 32.2. The fourth-order valence-corrected chi connectivity index (χ4v) is 2.61. The molecule has 0 spiro atoms.